The number of benzene rings is 1. The average Bonchev–Trinajstić information content (AvgIpc) is 3.32. The standard InChI is InChI=1S/C25H39N3O4/c1-18(2)12-13-26-24(29)23(19-8-5-6-9-19)27-14-16-28(17-15-27)25(30)22-20(31-3)10-7-11-21(22)32-4/h7,10-11,18-19,23H,5-6,8-9,12-17H2,1-4H3,(H,26,29). The number of amides is 2. The molecule has 2 amide bonds. The first-order valence-corrected chi connectivity index (χ1v) is 12.0. The van der Waals surface area contributed by atoms with Crippen LogP contribution in [0.15, 0.2) is 18.2 Å². The minimum Gasteiger partial charge on any atom is -0.496 e. The summed E-state index contributed by atoms with van der Waals surface area (Å²) in [6.45, 7) is 7.64. The molecule has 0 spiro atoms. The summed E-state index contributed by atoms with van der Waals surface area (Å²) in [6.07, 6.45) is 5.62. The number of nitrogens with zero attached hydrogens (tertiary/aromatic N) is 2. The highest BCUT2D eigenvalue weighted by molar-refractivity contribution is 5.99. The van der Waals surface area contributed by atoms with Gasteiger partial charge >= 0.3 is 0 Å². The van der Waals surface area contributed by atoms with Gasteiger partial charge < -0.3 is 19.7 Å². The van der Waals surface area contributed by atoms with Crippen LogP contribution >= 0.6 is 0 Å². The summed E-state index contributed by atoms with van der Waals surface area (Å²) in [5.41, 5.74) is 0.463. The van der Waals surface area contributed by atoms with E-state index in [1.807, 2.05) is 11.0 Å². The van der Waals surface area contributed by atoms with E-state index in [0.717, 1.165) is 25.8 Å². The van der Waals surface area contributed by atoms with Gasteiger partial charge in [0.05, 0.1) is 20.3 Å². The maximum absolute atomic E-state index is 13.3. The van der Waals surface area contributed by atoms with Gasteiger partial charge in [0.15, 0.2) is 0 Å². The quantitative estimate of drug-likeness (QED) is 0.632. The smallest absolute Gasteiger partial charge is 0.261 e. The molecule has 2 fully saturated rings. The molecule has 178 valence electrons. The maximum atomic E-state index is 13.3. The highest BCUT2D eigenvalue weighted by Gasteiger charge is 2.37. The number of rotatable bonds is 9. The minimum atomic E-state index is -0.0947. The molecule has 1 unspecified atom stereocenters. The van der Waals surface area contributed by atoms with E-state index in [2.05, 4.69) is 24.1 Å². The van der Waals surface area contributed by atoms with E-state index in [-0.39, 0.29) is 17.9 Å². The molecule has 7 nitrogen and oxygen atoms in total. The molecule has 1 aromatic carbocycles. The van der Waals surface area contributed by atoms with Gasteiger partial charge in [0, 0.05) is 32.7 Å². The fraction of sp³-hybridized carbons (Fsp3) is 0.680. The zero-order valence-electron chi connectivity index (χ0n) is 20.1. The van der Waals surface area contributed by atoms with Crippen molar-refractivity contribution in [3.63, 3.8) is 0 Å². The highest BCUT2D eigenvalue weighted by Crippen LogP contribution is 2.32. The largest absolute Gasteiger partial charge is 0.496 e. The highest BCUT2D eigenvalue weighted by atomic mass is 16.5. The molecule has 32 heavy (non-hydrogen) atoms. The fourth-order valence-corrected chi connectivity index (χ4v) is 4.96. The number of hydrogen-bond acceptors (Lipinski definition) is 5. The SMILES string of the molecule is COc1cccc(OC)c1C(=O)N1CCN(C(C(=O)NCCC(C)C)C2CCCC2)CC1. The van der Waals surface area contributed by atoms with E-state index < -0.39 is 0 Å². The van der Waals surface area contributed by atoms with Gasteiger partial charge in [-0.1, -0.05) is 32.8 Å². The molecule has 1 aromatic rings. The Kier molecular flexibility index (Phi) is 8.79. The number of carbonyl (C=O) groups excluding carboxylic acids is 2. The second-order valence-corrected chi connectivity index (χ2v) is 9.33. The Balaban J connectivity index is 1.67. The second-order valence-electron chi connectivity index (χ2n) is 9.33. The molecule has 0 aromatic heterocycles. The van der Waals surface area contributed by atoms with Crippen LogP contribution in [0.5, 0.6) is 11.5 Å². The van der Waals surface area contributed by atoms with Crippen LogP contribution < -0.4 is 14.8 Å². The van der Waals surface area contributed by atoms with Crippen molar-refractivity contribution in [1.82, 2.24) is 15.1 Å². The van der Waals surface area contributed by atoms with E-state index in [1.165, 1.54) is 12.8 Å². The normalized spacial score (nSPS) is 18.6. The van der Waals surface area contributed by atoms with E-state index in [0.29, 0.717) is 55.1 Å². The number of piperazine rings is 1. The van der Waals surface area contributed by atoms with Crippen LogP contribution in [0.3, 0.4) is 0 Å². The lowest BCUT2D eigenvalue weighted by atomic mass is 9.94. The van der Waals surface area contributed by atoms with Crippen LogP contribution in [-0.4, -0.2) is 74.6 Å². The molecule has 1 atom stereocenters. The van der Waals surface area contributed by atoms with E-state index in [4.69, 9.17) is 9.47 Å². The maximum Gasteiger partial charge on any atom is 0.261 e. The second kappa shape index (κ2) is 11.5. The van der Waals surface area contributed by atoms with Crippen LogP contribution in [0.25, 0.3) is 0 Å². The average molecular weight is 446 g/mol. The van der Waals surface area contributed by atoms with E-state index in [9.17, 15) is 9.59 Å². The molecule has 7 heteroatoms. The third kappa shape index (κ3) is 5.74. The molecular formula is C25H39N3O4. The van der Waals surface area contributed by atoms with Gasteiger partial charge in [0.25, 0.3) is 5.91 Å². The van der Waals surface area contributed by atoms with Crippen molar-refractivity contribution in [2.45, 2.75) is 52.0 Å². The summed E-state index contributed by atoms with van der Waals surface area (Å²) < 4.78 is 10.8. The van der Waals surface area contributed by atoms with E-state index >= 15 is 0 Å². The summed E-state index contributed by atoms with van der Waals surface area (Å²) in [6, 6.07) is 5.28. The lowest BCUT2D eigenvalue weighted by molar-refractivity contribution is -0.129. The number of ether oxygens (including phenoxy) is 2. The van der Waals surface area contributed by atoms with Crippen LogP contribution in [0.4, 0.5) is 0 Å². The van der Waals surface area contributed by atoms with Gasteiger partial charge in [0.1, 0.15) is 17.1 Å². The summed E-state index contributed by atoms with van der Waals surface area (Å²) in [5, 5.41) is 3.18. The van der Waals surface area contributed by atoms with Gasteiger partial charge in [-0.05, 0) is 43.2 Å². The van der Waals surface area contributed by atoms with Crippen molar-refractivity contribution in [3.05, 3.63) is 23.8 Å². The molecule has 1 heterocycles. The molecule has 1 aliphatic heterocycles. The molecule has 1 N–H and O–H groups in total. The third-order valence-electron chi connectivity index (χ3n) is 6.77. The predicted octanol–water partition coefficient (Wildman–Crippen LogP) is 3.18. The molecule has 1 aliphatic carbocycles. The molecule has 2 aliphatic rings. The van der Waals surface area contributed by atoms with E-state index in [1.54, 1.807) is 26.4 Å². The first kappa shape index (κ1) is 24.4. The summed E-state index contributed by atoms with van der Waals surface area (Å²) in [5.74, 6) is 2.09. The Hall–Kier alpha value is -2.28. The Morgan fingerprint density at radius 3 is 2.16 bits per heavy atom. The van der Waals surface area contributed by atoms with Crippen LogP contribution in [0.2, 0.25) is 0 Å². The van der Waals surface area contributed by atoms with Crippen LogP contribution in [-0.2, 0) is 4.79 Å². The van der Waals surface area contributed by atoms with Crippen molar-refractivity contribution in [3.8, 4) is 11.5 Å². The number of methoxy groups -OCH3 is 2. The van der Waals surface area contributed by atoms with Gasteiger partial charge in [-0.3, -0.25) is 14.5 Å². The zero-order chi connectivity index (χ0) is 23.1. The van der Waals surface area contributed by atoms with Crippen molar-refractivity contribution >= 4 is 11.8 Å². The van der Waals surface area contributed by atoms with Gasteiger partial charge in [-0.15, -0.1) is 0 Å². The van der Waals surface area contributed by atoms with Gasteiger partial charge in [-0.2, -0.15) is 0 Å². The monoisotopic (exact) mass is 445 g/mol. The summed E-state index contributed by atoms with van der Waals surface area (Å²) in [4.78, 5) is 30.6. The van der Waals surface area contributed by atoms with Crippen LogP contribution in [0, 0.1) is 11.8 Å². The number of carbonyl (C=O) groups is 2. The molecule has 0 radical (unpaired) electrons. The molecular weight excluding hydrogens is 406 g/mol. The first-order chi connectivity index (χ1) is 15.5. The zero-order valence-corrected chi connectivity index (χ0v) is 20.1. The third-order valence-corrected chi connectivity index (χ3v) is 6.77. The topological polar surface area (TPSA) is 71.1 Å². The number of hydrogen-bond donors (Lipinski definition) is 1. The van der Waals surface area contributed by atoms with Gasteiger partial charge in [0.2, 0.25) is 5.91 Å². The van der Waals surface area contributed by atoms with Gasteiger partial charge in [-0.25, -0.2) is 0 Å². The van der Waals surface area contributed by atoms with Crippen molar-refractivity contribution in [2.75, 3.05) is 46.9 Å². The van der Waals surface area contributed by atoms with Crippen LogP contribution in [0.1, 0.15) is 56.3 Å². The lowest BCUT2D eigenvalue weighted by Gasteiger charge is -2.41. The Bertz CT molecular complexity index is 746. The van der Waals surface area contributed by atoms with Crippen molar-refractivity contribution in [2.24, 2.45) is 11.8 Å². The minimum absolute atomic E-state index is 0.0854. The molecule has 1 saturated heterocycles. The molecule has 3 rings (SSSR count). The predicted molar refractivity (Wildman–Crippen MR) is 125 cm³/mol. The van der Waals surface area contributed by atoms with Crippen molar-refractivity contribution < 1.29 is 19.1 Å². The summed E-state index contributed by atoms with van der Waals surface area (Å²) >= 11 is 0. The van der Waals surface area contributed by atoms with Crippen molar-refractivity contribution in [1.29, 1.82) is 0 Å². The fourth-order valence-electron chi connectivity index (χ4n) is 4.96. The molecule has 1 saturated carbocycles. The Morgan fingerprint density at radius 2 is 1.62 bits per heavy atom. The number of nitrogens with one attached hydrogen (secondary N) is 1. The Labute approximate surface area is 192 Å². The lowest BCUT2D eigenvalue weighted by Crippen LogP contribution is -2.58. The Morgan fingerprint density at radius 1 is 1.03 bits per heavy atom. The molecule has 0 bridgehead atoms. The summed E-state index contributed by atoms with van der Waals surface area (Å²) in [7, 11) is 3.13. The first-order valence-electron chi connectivity index (χ1n) is 12.0.